The molecular weight excluding hydrogens is 314 g/mol. The van der Waals surface area contributed by atoms with Gasteiger partial charge in [-0.2, -0.15) is 0 Å². The number of ether oxygens (including phenoxy) is 1. The molecule has 0 saturated carbocycles. The number of quaternary nitrogens is 1. The van der Waals surface area contributed by atoms with Crippen LogP contribution in [0.3, 0.4) is 0 Å². The molecular formula is C21H26NO3+. The average Bonchev–Trinajstić information content (AvgIpc) is 3.00. The quantitative estimate of drug-likeness (QED) is 0.607. The molecule has 0 atom stereocenters. The summed E-state index contributed by atoms with van der Waals surface area (Å²) in [5, 5.41) is 0. The van der Waals surface area contributed by atoms with Gasteiger partial charge < -0.3 is 10.9 Å². The fourth-order valence-corrected chi connectivity index (χ4v) is 1.73. The van der Waals surface area contributed by atoms with Crippen molar-refractivity contribution in [1.29, 1.82) is 0 Å². The molecule has 4 nitrogen and oxygen atoms in total. The Morgan fingerprint density at radius 2 is 1.28 bits per heavy atom. The van der Waals surface area contributed by atoms with E-state index in [1.807, 2.05) is 42.5 Å². The van der Waals surface area contributed by atoms with Crippen molar-refractivity contribution in [2.45, 2.75) is 19.8 Å². The first-order valence-corrected chi connectivity index (χ1v) is 7.69. The minimum absolute atomic E-state index is 0. The summed E-state index contributed by atoms with van der Waals surface area (Å²) in [7, 11) is 0. The fourth-order valence-electron chi connectivity index (χ4n) is 1.73. The van der Waals surface area contributed by atoms with Crippen molar-refractivity contribution in [3.63, 3.8) is 0 Å². The van der Waals surface area contributed by atoms with Gasteiger partial charge in [-0.1, -0.05) is 87.2 Å². The standard InChI is InChI=1S/C9H12.C8H8.C4H2O3.H3N/c1-8(2)9-6-4-3-5-7-9;1-2-8-6-4-3-5-7-8;5-3-1-2-4(6)7-3;/h3-8H,1-2H3;2-7H,1H2;1-2H;1H3/p+1. The van der Waals surface area contributed by atoms with E-state index in [0.29, 0.717) is 5.92 Å². The van der Waals surface area contributed by atoms with Gasteiger partial charge in [-0.05, 0) is 17.0 Å². The van der Waals surface area contributed by atoms with Crippen LogP contribution in [-0.2, 0) is 14.3 Å². The molecule has 0 spiro atoms. The van der Waals surface area contributed by atoms with E-state index >= 15 is 0 Å². The van der Waals surface area contributed by atoms with Gasteiger partial charge in [0.2, 0.25) is 0 Å². The second kappa shape index (κ2) is 12.4. The summed E-state index contributed by atoms with van der Waals surface area (Å²) in [6.07, 6.45) is 4.00. The predicted molar refractivity (Wildman–Crippen MR) is 103 cm³/mol. The molecule has 1 heterocycles. The van der Waals surface area contributed by atoms with Crippen LogP contribution >= 0.6 is 0 Å². The highest BCUT2D eigenvalue weighted by molar-refractivity contribution is 6.04. The van der Waals surface area contributed by atoms with Gasteiger partial charge in [0.1, 0.15) is 0 Å². The van der Waals surface area contributed by atoms with Crippen molar-refractivity contribution >= 4 is 18.0 Å². The Balaban J connectivity index is 0.000000341. The number of hydrogen-bond acceptors (Lipinski definition) is 3. The maximum Gasteiger partial charge on any atom is 0.338 e. The summed E-state index contributed by atoms with van der Waals surface area (Å²) < 4.78 is 3.97. The zero-order chi connectivity index (χ0) is 17.8. The van der Waals surface area contributed by atoms with Crippen molar-refractivity contribution in [3.8, 4) is 0 Å². The molecule has 0 radical (unpaired) electrons. The van der Waals surface area contributed by atoms with E-state index < -0.39 is 11.9 Å². The topological polar surface area (TPSA) is 79.9 Å². The number of carbonyl (C=O) groups excluding carboxylic acids is 2. The van der Waals surface area contributed by atoms with Gasteiger partial charge in [0.25, 0.3) is 0 Å². The average molecular weight is 340 g/mol. The van der Waals surface area contributed by atoms with E-state index in [9.17, 15) is 9.59 Å². The summed E-state index contributed by atoms with van der Waals surface area (Å²) in [4.78, 5) is 19.8. The molecule has 0 aromatic heterocycles. The van der Waals surface area contributed by atoms with Gasteiger partial charge in [-0.25, -0.2) is 9.59 Å². The summed E-state index contributed by atoms with van der Waals surface area (Å²) in [5.74, 6) is -0.499. The summed E-state index contributed by atoms with van der Waals surface area (Å²) in [6, 6.07) is 20.5. The van der Waals surface area contributed by atoms with Crippen molar-refractivity contribution in [3.05, 3.63) is 90.5 Å². The molecule has 0 fully saturated rings. The van der Waals surface area contributed by atoms with Crippen LogP contribution in [0.4, 0.5) is 0 Å². The van der Waals surface area contributed by atoms with Gasteiger partial charge in [0, 0.05) is 12.2 Å². The molecule has 2 aromatic rings. The molecule has 25 heavy (non-hydrogen) atoms. The Kier molecular flexibility index (Phi) is 11.0. The first-order chi connectivity index (χ1) is 11.5. The van der Waals surface area contributed by atoms with E-state index in [0.717, 1.165) is 12.2 Å². The highest BCUT2D eigenvalue weighted by Gasteiger charge is 2.10. The molecule has 2 aromatic carbocycles. The molecule has 0 amide bonds. The second-order valence-corrected chi connectivity index (χ2v) is 5.25. The summed E-state index contributed by atoms with van der Waals surface area (Å²) in [5.41, 5.74) is 2.59. The third kappa shape index (κ3) is 9.69. The van der Waals surface area contributed by atoms with E-state index in [1.54, 1.807) is 0 Å². The highest BCUT2D eigenvalue weighted by atomic mass is 16.6. The number of cyclic esters (lactones) is 2. The third-order valence-electron chi connectivity index (χ3n) is 3.06. The fraction of sp³-hybridized carbons (Fsp3) is 0.143. The van der Waals surface area contributed by atoms with Crippen LogP contribution in [0.25, 0.3) is 6.08 Å². The maximum absolute atomic E-state index is 9.92. The minimum Gasteiger partial charge on any atom is -0.387 e. The molecule has 0 aliphatic carbocycles. The van der Waals surface area contributed by atoms with Crippen molar-refractivity contribution < 1.29 is 14.3 Å². The molecule has 1 aliphatic heterocycles. The van der Waals surface area contributed by atoms with Gasteiger partial charge in [0.15, 0.2) is 0 Å². The van der Waals surface area contributed by atoms with Crippen LogP contribution < -0.4 is 6.15 Å². The van der Waals surface area contributed by atoms with Crippen LogP contribution in [-0.4, -0.2) is 11.9 Å². The van der Waals surface area contributed by atoms with Gasteiger partial charge in [0.05, 0.1) is 0 Å². The summed E-state index contributed by atoms with van der Waals surface area (Å²) >= 11 is 0. The van der Waals surface area contributed by atoms with Crippen LogP contribution in [0.2, 0.25) is 0 Å². The maximum atomic E-state index is 9.92. The van der Waals surface area contributed by atoms with E-state index in [2.05, 4.69) is 49.4 Å². The normalized spacial score (nSPS) is 11.3. The Hall–Kier alpha value is -2.98. The molecule has 3 rings (SSSR count). The number of hydrogen-bond donors (Lipinski definition) is 1. The lowest BCUT2D eigenvalue weighted by Gasteiger charge is -2.01. The lowest BCUT2D eigenvalue weighted by Crippen LogP contribution is -1.96. The third-order valence-corrected chi connectivity index (χ3v) is 3.06. The smallest absolute Gasteiger partial charge is 0.338 e. The lowest BCUT2D eigenvalue weighted by molar-refractivity contribution is -0.150. The van der Waals surface area contributed by atoms with Gasteiger partial charge in [-0.15, -0.1) is 0 Å². The SMILES string of the molecule is C=Cc1ccccc1.CC(C)c1ccccc1.O=C1C=CC(=O)O1.[NH4+]. The van der Waals surface area contributed by atoms with Gasteiger partial charge in [-0.3, -0.25) is 0 Å². The Morgan fingerprint density at radius 1 is 0.840 bits per heavy atom. The molecule has 4 heteroatoms. The van der Waals surface area contributed by atoms with Gasteiger partial charge >= 0.3 is 11.9 Å². The van der Waals surface area contributed by atoms with E-state index in [4.69, 9.17) is 0 Å². The molecule has 0 unspecified atom stereocenters. The predicted octanol–water partition coefficient (Wildman–Crippen LogP) is 5.14. The number of rotatable bonds is 2. The van der Waals surface area contributed by atoms with E-state index in [-0.39, 0.29) is 6.15 Å². The lowest BCUT2D eigenvalue weighted by atomic mass is 10.0. The molecule has 0 bridgehead atoms. The van der Waals surface area contributed by atoms with Crippen molar-refractivity contribution in [1.82, 2.24) is 6.15 Å². The molecule has 0 saturated heterocycles. The Labute approximate surface area is 149 Å². The number of esters is 2. The number of carbonyl (C=O) groups is 2. The monoisotopic (exact) mass is 340 g/mol. The largest absolute Gasteiger partial charge is 0.387 e. The first kappa shape index (κ1) is 22.0. The second-order valence-electron chi connectivity index (χ2n) is 5.25. The van der Waals surface area contributed by atoms with E-state index in [1.165, 1.54) is 11.1 Å². The van der Waals surface area contributed by atoms with Crippen molar-refractivity contribution in [2.24, 2.45) is 0 Å². The zero-order valence-electron chi connectivity index (χ0n) is 15.0. The zero-order valence-corrected chi connectivity index (χ0v) is 15.0. The Morgan fingerprint density at radius 3 is 1.52 bits per heavy atom. The van der Waals surface area contributed by atoms with Crippen LogP contribution in [0, 0.1) is 0 Å². The minimum atomic E-state index is -0.579. The first-order valence-electron chi connectivity index (χ1n) is 7.69. The molecule has 4 N–H and O–H groups in total. The highest BCUT2D eigenvalue weighted by Crippen LogP contribution is 2.11. The molecule has 1 aliphatic rings. The van der Waals surface area contributed by atoms with Crippen LogP contribution in [0.15, 0.2) is 79.4 Å². The number of benzene rings is 2. The molecule has 132 valence electrons. The van der Waals surface area contributed by atoms with Crippen LogP contribution in [0.1, 0.15) is 30.9 Å². The van der Waals surface area contributed by atoms with Crippen molar-refractivity contribution in [2.75, 3.05) is 0 Å². The Bertz CT molecular complexity index is 661. The summed E-state index contributed by atoms with van der Waals surface area (Å²) in [6.45, 7) is 8.04. The van der Waals surface area contributed by atoms with Crippen LogP contribution in [0.5, 0.6) is 0 Å².